The molecule has 3 fully saturated rings. The third-order valence-electron chi connectivity index (χ3n) is 6.39. The van der Waals surface area contributed by atoms with E-state index in [4.69, 9.17) is 4.98 Å². The van der Waals surface area contributed by atoms with Crippen molar-refractivity contribution in [3.8, 4) is 0 Å². The number of carbonyl (C=O) groups is 1. The molecule has 0 atom stereocenters. The second-order valence-corrected chi connectivity index (χ2v) is 8.92. The normalized spacial score (nSPS) is 27.5. The molecule has 3 aliphatic carbocycles. The Morgan fingerprint density at radius 2 is 1.93 bits per heavy atom. The van der Waals surface area contributed by atoms with E-state index in [2.05, 4.69) is 19.0 Å². The Morgan fingerprint density at radius 1 is 1.21 bits per heavy atom. The molecule has 2 bridgehead atoms. The number of halogens is 1. The molecule has 0 unspecified atom stereocenters. The number of hydrogen-bond donors (Lipinski definition) is 1. The summed E-state index contributed by atoms with van der Waals surface area (Å²) in [5.41, 5.74) is 2.86. The average molecular weight is 411 g/mol. The number of carbonyl (C=O) groups excluding carboxylic acids is 1. The van der Waals surface area contributed by atoms with Crippen molar-refractivity contribution in [3.05, 3.63) is 23.9 Å². The van der Waals surface area contributed by atoms with Crippen molar-refractivity contribution in [2.45, 2.75) is 37.4 Å². The van der Waals surface area contributed by atoms with E-state index < -0.39 is 5.67 Å². The quantitative estimate of drug-likeness (QED) is 0.709. The van der Waals surface area contributed by atoms with Gasteiger partial charge in [-0.3, -0.25) is 4.79 Å². The molecule has 10 heteroatoms. The Balaban J connectivity index is 1.38. The second-order valence-electron chi connectivity index (χ2n) is 8.39. The number of rotatable bonds is 3. The fourth-order valence-electron chi connectivity index (χ4n) is 4.80. The summed E-state index contributed by atoms with van der Waals surface area (Å²) >= 11 is 1.18. The van der Waals surface area contributed by atoms with Crippen LogP contribution in [0.15, 0.2) is 18.3 Å². The molecule has 0 saturated heterocycles. The summed E-state index contributed by atoms with van der Waals surface area (Å²) in [6, 6.07) is 3.90. The highest BCUT2D eigenvalue weighted by Gasteiger charge is 2.72. The third-order valence-corrected chi connectivity index (χ3v) is 6.95. The van der Waals surface area contributed by atoms with Crippen LogP contribution in [0.4, 0.5) is 27.5 Å². The maximum Gasteiger partial charge on any atom is 0.246 e. The van der Waals surface area contributed by atoms with Crippen LogP contribution in [0.2, 0.25) is 0 Å². The van der Waals surface area contributed by atoms with Crippen molar-refractivity contribution in [3.63, 3.8) is 0 Å². The molecule has 2 aromatic heterocycles. The van der Waals surface area contributed by atoms with Gasteiger partial charge in [-0.25, -0.2) is 9.37 Å². The first-order valence-electron chi connectivity index (χ1n) is 9.46. The lowest BCUT2D eigenvalue weighted by Crippen LogP contribution is -2.78. The first-order chi connectivity index (χ1) is 13.9. The van der Waals surface area contributed by atoms with Crippen LogP contribution in [0.3, 0.4) is 0 Å². The maximum absolute atomic E-state index is 14.2. The number of amides is 1. The van der Waals surface area contributed by atoms with E-state index >= 15 is 0 Å². The van der Waals surface area contributed by atoms with Gasteiger partial charge in [-0.05, 0) is 24.6 Å². The molecular formula is C19H18FN7OS. The molecule has 0 spiro atoms. The Bertz CT molecular complexity index is 1170. The summed E-state index contributed by atoms with van der Waals surface area (Å²) < 4.78 is 22.7. The molecule has 3 heterocycles. The van der Waals surface area contributed by atoms with Gasteiger partial charge in [0, 0.05) is 32.0 Å². The van der Waals surface area contributed by atoms with Gasteiger partial charge in [0.1, 0.15) is 22.4 Å². The number of benzene rings is 1. The number of aromatic nitrogens is 4. The molecule has 1 aliphatic heterocycles. The number of nitrogens with zero attached hydrogens (tertiary/aromatic N) is 6. The molecule has 1 amide bonds. The molecule has 148 valence electrons. The minimum Gasteiger partial charge on any atom is -0.339 e. The summed E-state index contributed by atoms with van der Waals surface area (Å²) in [7, 11) is 1.72. The predicted octanol–water partition coefficient (Wildman–Crippen LogP) is 2.96. The smallest absolute Gasteiger partial charge is 0.246 e. The van der Waals surface area contributed by atoms with Gasteiger partial charge in [0.2, 0.25) is 11.9 Å². The van der Waals surface area contributed by atoms with Crippen molar-refractivity contribution < 1.29 is 9.18 Å². The topological polar surface area (TPSA) is 87.1 Å². The van der Waals surface area contributed by atoms with E-state index in [9.17, 15) is 9.18 Å². The molecule has 0 radical (unpaired) electrons. The number of aryl methyl sites for hydroxylation is 1. The number of likely N-dealkylation sites (N-methyl/N-ethyl adjacent to an activating group) is 1. The summed E-state index contributed by atoms with van der Waals surface area (Å²) in [6.45, 7) is 2.20. The van der Waals surface area contributed by atoms with Gasteiger partial charge in [0.25, 0.3) is 0 Å². The van der Waals surface area contributed by atoms with Gasteiger partial charge in [-0.2, -0.15) is 13.7 Å². The van der Waals surface area contributed by atoms with E-state index in [-0.39, 0.29) is 18.0 Å². The van der Waals surface area contributed by atoms with E-state index in [1.807, 2.05) is 24.0 Å². The molecule has 3 saturated carbocycles. The van der Waals surface area contributed by atoms with Crippen LogP contribution in [0, 0.1) is 6.92 Å². The molecule has 3 aromatic rings. The maximum atomic E-state index is 14.2. The third kappa shape index (κ3) is 2.32. The van der Waals surface area contributed by atoms with Crippen LogP contribution in [-0.4, -0.2) is 49.4 Å². The molecule has 29 heavy (non-hydrogen) atoms. The second kappa shape index (κ2) is 5.38. The minimum atomic E-state index is -1.05. The van der Waals surface area contributed by atoms with E-state index in [0.717, 1.165) is 22.3 Å². The van der Waals surface area contributed by atoms with Gasteiger partial charge in [-0.1, -0.05) is 0 Å². The Morgan fingerprint density at radius 3 is 2.66 bits per heavy atom. The summed E-state index contributed by atoms with van der Waals surface area (Å²) in [4.78, 5) is 25.2. The fourth-order valence-corrected chi connectivity index (χ4v) is 5.31. The zero-order chi connectivity index (χ0) is 20.0. The SMILES string of the molecule is Cc1cc2nsnc2cc1Nc1ncc2c(n1)N(C13CC(F)(C1)C3)CC(=O)N2C. The fraction of sp³-hybridized carbons (Fsp3) is 0.421. The van der Waals surface area contributed by atoms with Crippen LogP contribution in [0.25, 0.3) is 11.0 Å². The highest BCUT2D eigenvalue weighted by molar-refractivity contribution is 7.00. The first kappa shape index (κ1) is 17.0. The Labute approximate surface area is 170 Å². The lowest BCUT2D eigenvalue weighted by atomic mass is 9.46. The Hall–Kier alpha value is -2.88. The molecule has 7 rings (SSSR count). The first-order valence-corrected chi connectivity index (χ1v) is 10.2. The lowest BCUT2D eigenvalue weighted by molar-refractivity contribution is -0.155. The van der Waals surface area contributed by atoms with Crippen LogP contribution < -0.4 is 15.1 Å². The zero-order valence-corrected chi connectivity index (χ0v) is 16.8. The van der Waals surface area contributed by atoms with Gasteiger partial charge < -0.3 is 15.1 Å². The van der Waals surface area contributed by atoms with Crippen LogP contribution in [0.5, 0.6) is 0 Å². The lowest BCUT2D eigenvalue weighted by Gasteiger charge is -2.70. The summed E-state index contributed by atoms with van der Waals surface area (Å²) in [6.07, 6.45) is 3.06. The zero-order valence-electron chi connectivity index (χ0n) is 15.9. The number of anilines is 4. The predicted molar refractivity (Wildman–Crippen MR) is 109 cm³/mol. The monoisotopic (exact) mass is 411 g/mol. The standard InChI is InChI=1S/C19H18FN7OS/c1-10-3-12-13(25-29-24-12)4-11(10)22-17-21-5-14-16(23-17)27(6-15(28)26(14)2)19-7-18(20,8-19)9-19/h3-5H,6-9H2,1-2H3,(H,21,22,23). The van der Waals surface area contributed by atoms with E-state index in [1.165, 1.54) is 11.7 Å². The largest absolute Gasteiger partial charge is 0.339 e. The molecule has 8 nitrogen and oxygen atoms in total. The molecular weight excluding hydrogens is 393 g/mol. The highest BCUT2D eigenvalue weighted by Crippen LogP contribution is 2.67. The average Bonchev–Trinajstić information content (AvgIpc) is 3.09. The van der Waals surface area contributed by atoms with Crippen LogP contribution in [-0.2, 0) is 4.79 Å². The molecule has 1 N–H and O–H groups in total. The van der Waals surface area contributed by atoms with Crippen molar-refractivity contribution in [2.75, 3.05) is 28.7 Å². The minimum absolute atomic E-state index is 0.0308. The number of hydrogen-bond acceptors (Lipinski definition) is 8. The van der Waals surface area contributed by atoms with Crippen molar-refractivity contribution >= 4 is 51.8 Å². The van der Waals surface area contributed by atoms with Crippen molar-refractivity contribution in [1.82, 2.24) is 18.7 Å². The van der Waals surface area contributed by atoms with Gasteiger partial charge >= 0.3 is 0 Å². The highest BCUT2D eigenvalue weighted by atomic mass is 32.1. The van der Waals surface area contributed by atoms with Gasteiger partial charge in [0.05, 0.1) is 30.0 Å². The van der Waals surface area contributed by atoms with Gasteiger partial charge in [0.15, 0.2) is 5.82 Å². The summed E-state index contributed by atoms with van der Waals surface area (Å²) in [5, 5.41) is 3.27. The van der Waals surface area contributed by atoms with Crippen LogP contribution in [0.1, 0.15) is 24.8 Å². The molecule has 4 aliphatic rings. The number of fused-ring (bicyclic) bond motifs is 2. The van der Waals surface area contributed by atoms with E-state index in [0.29, 0.717) is 36.7 Å². The summed E-state index contributed by atoms with van der Waals surface area (Å²) in [5.74, 6) is 1.08. The van der Waals surface area contributed by atoms with Crippen molar-refractivity contribution in [2.24, 2.45) is 0 Å². The van der Waals surface area contributed by atoms with Gasteiger partial charge in [-0.15, -0.1) is 0 Å². The number of alkyl halides is 1. The van der Waals surface area contributed by atoms with Crippen LogP contribution >= 0.6 is 11.7 Å². The molecule has 1 aromatic carbocycles. The van der Waals surface area contributed by atoms with E-state index in [1.54, 1.807) is 18.1 Å². The Kier molecular flexibility index (Phi) is 3.16. The number of nitrogens with one attached hydrogen (secondary N) is 1. The van der Waals surface area contributed by atoms with Crippen molar-refractivity contribution in [1.29, 1.82) is 0 Å².